The molecule has 170 valence electrons. The molecule has 2 rings (SSSR count). The van der Waals surface area contributed by atoms with Crippen LogP contribution in [0.15, 0.2) is 18.7 Å². The summed E-state index contributed by atoms with van der Waals surface area (Å²) in [6.07, 6.45) is 5.69. The van der Waals surface area contributed by atoms with Crippen molar-refractivity contribution in [1.29, 1.82) is 0 Å². The van der Waals surface area contributed by atoms with Crippen molar-refractivity contribution < 1.29 is 8.85 Å². The van der Waals surface area contributed by atoms with Crippen molar-refractivity contribution in [1.82, 2.24) is 14.5 Å². The Bertz CT molecular complexity index is 853. The first-order valence-corrected chi connectivity index (χ1v) is 17.6. The molecule has 2 aromatic heterocycles. The minimum Gasteiger partial charge on any atom is -0.414 e. The minimum absolute atomic E-state index is 0.156. The van der Waals surface area contributed by atoms with Crippen LogP contribution in [0.2, 0.25) is 36.3 Å². The van der Waals surface area contributed by atoms with E-state index in [0.29, 0.717) is 13.2 Å². The molecule has 30 heavy (non-hydrogen) atoms. The highest BCUT2D eigenvalue weighted by Gasteiger charge is 2.43. The van der Waals surface area contributed by atoms with Crippen molar-refractivity contribution in [3.8, 4) is 0 Å². The summed E-state index contributed by atoms with van der Waals surface area (Å²) < 4.78 is 16.9. The van der Waals surface area contributed by atoms with Crippen LogP contribution >= 0.6 is 22.6 Å². The van der Waals surface area contributed by atoms with Crippen LogP contribution in [0.4, 0.5) is 0 Å². The number of fused-ring (bicyclic) bond motifs is 1. The molecule has 0 unspecified atom stereocenters. The summed E-state index contributed by atoms with van der Waals surface area (Å²) in [6, 6.07) is 0. The number of halogens is 1. The maximum Gasteiger partial charge on any atom is 0.192 e. The Morgan fingerprint density at radius 2 is 1.37 bits per heavy atom. The number of nitrogens with zero attached hydrogens (tertiary/aromatic N) is 3. The summed E-state index contributed by atoms with van der Waals surface area (Å²) in [4.78, 5) is 8.84. The van der Waals surface area contributed by atoms with E-state index >= 15 is 0 Å². The normalized spacial score (nSPS) is 14.5. The average Bonchev–Trinajstić information content (AvgIpc) is 2.94. The first-order valence-electron chi connectivity index (χ1n) is 10.7. The molecule has 2 heterocycles. The predicted octanol–water partition coefficient (Wildman–Crippen LogP) is 6.79. The highest BCUT2D eigenvalue weighted by molar-refractivity contribution is 14.1. The van der Waals surface area contributed by atoms with E-state index in [1.165, 1.54) is 0 Å². The number of hydrogen-bond acceptors (Lipinski definition) is 4. The molecule has 0 radical (unpaired) electrons. The molecule has 8 heteroatoms. The lowest BCUT2D eigenvalue weighted by Gasteiger charge is -2.43. The summed E-state index contributed by atoms with van der Waals surface area (Å²) in [5.41, 5.74) is 0.579. The predicted molar refractivity (Wildman–Crippen MR) is 140 cm³/mol. The maximum atomic E-state index is 6.73. The van der Waals surface area contributed by atoms with Gasteiger partial charge in [0.15, 0.2) is 16.6 Å². The minimum atomic E-state index is -1.91. The quantitative estimate of drug-likeness (QED) is 0.276. The van der Waals surface area contributed by atoms with Crippen LogP contribution < -0.4 is 0 Å². The van der Waals surface area contributed by atoms with E-state index < -0.39 is 16.6 Å². The monoisotopic (exact) mass is 561 g/mol. The zero-order valence-electron chi connectivity index (χ0n) is 20.7. The second-order valence-electron chi connectivity index (χ2n) is 11.7. The standard InChI is InChI=1S/C22H40IN3O2Si2/c1-20(2,3)29(8,9)27-14-22(7,15-28-30(10,11)21(4,5)6)26-13-18(23)17-12-24-16-25-19(17)26/h12-13,16H,14-15H2,1-11H3. The fourth-order valence-electron chi connectivity index (χ4n) is 2.62. The third-order valence-electron chi connectivity index (χ3n) is 7.10. The van der Waals surface area contributed by atoms with E-state index in [1.54, 1.807) is 6.33 Å². The molecule has 0 amide bonds. The summed E-state index contributed by atoms with van der Waals surface area (Å²) in [5.74, 6) is 0. The number of rotatable bonds is 7. The fourth-order valence-corrected chi connectivity index (χ4v) is 5.49. The van der Waals surface area contributed by atoms with E-state index in [-0.39, 0.29) is 15.6 Å². The average molecular weight is 562 g/mol. The Hall–Kier alpha value is -0.296. The SMILES string of the molecule is CC(CO[Si](C)(C)C(C)(C)C)(CO[Si](C)(C)C(C)(C)C)n1cc(I)c2cncnc21. The Morgan fingerprint density at radius 1 is 0.900 bits per heavy atom. The van der Waals surface area contributed by atoms with Gasteiger partial charge in [0.05, 0.1) is 24.1 Å². The molecule has 0 aliphatic heterocycles. The Labute approximate surface area is 198 Å². The van der Waals surface area contributed by atoms with E-state index in [1.807, 2.05) is 6.20 Å². The van der Waals surface area contributed by atoms with Gasteiger partial charge < -0.3 is 13.4 Å². The van der Waals surface area contributed by atoms with Crippen molar-refractivity contribution >= 4 is 50.3 Å². The molecule has 0 N–H and O–H groups in total. The van der Waals surface area contributed by atoms with Gasteiger partial charge in [0.25, 0.3) is 0 Å². The molecule has 0 aliphatic rings. The molecule has 0 aromatic carbocycles. The third-order valence-corrected chi connectivity index (χ3v) is 16.9. The first-order chi connectivity index (χ1) is 13.4. The van der Waals surface area contributed by atoms with Gasteiger partial charge in [-0.05, 0) is 65.8 Å². The van der Waals surface area contributed by atoms with Crippen LogP contribution in [0, 0.1) is 3.57 Å². The van der Waals surface area contributed by atoms with Crippen LogP contribution in [0.1, 0.15) is 48.5 Å². The van der Waals surface area contributed by atoms with Gasteiger partial charge in [-0.1, -0.05) is 41.5 Å². The van der Waals surface area contributed by atoms with Gasteiger partial charge in [-0.25, -0.2) is 9.97 Å². The largest absolute Gasteiger partial charge is 0.414 e. The van der Waals surface area contributed by atoms with Gasteiger partial charge in [0.2, 0.25) is 0 Å². The van der Waals surface area contributed by atoms with Crippen molar-refractivity contribution in [2.45, 2.75) is 90.3 Å². The summed E-state index contributed by atoms with van der Waals surface area (Å²) in [5, 5.41) is 1.39. The summed E-state index contributed by atoms with van der Waals surface area (Å²) in [6.45, 7) is 26.4. The fraction of sp³-hybridized carbons (Fsp3) is 0.727. The molecule has 0 aliphatic carbocycles. The van der Waals surface area contributed by atoms with Crippen molar-refractivity contribution in [2.24, 2.45) is 0 Å². The molecule has 2 aromatic rings. The molecule has 0 spiro atoms. The smallest absolute Gasteiger partial charge is 0.192 e. The van der Waals surface area contributed by atoms with Gasteiger partial charge in [0, 0.05) is 16.0 Å². The molecule has 0 atom stereocenters. The van der Waals surface area contributed by atoms with Gasteiger partial charge in [-0.3, -0.25) is 0 Å². The van der Waals surface area contributed by atoms with Crippen LogP contribution in [-0.2, 0) is 14.4 Å². The molecule has 0 saturated carbocycles. The molecular formula is C22H40IN3O2Si2. The van der Waals surface area contributed by atoms with Crippen molar-refractivity contribution in [3.05, 3.63) is 22.3 Å². The zero-order valence-corrected chi connectivity index (χ0v) is 24.8. The second-order valence-corrected chi connectivity index (χ2v) is 22.5. The lowest BCUT2D eigenvalue weighted by Crippen LogP contribution is -2.51. The Morgan fingerprint density at radius 3 is 1.80 bits per heavy atom. The molecule has 0 fully saturated rings. The van der Waals surface area contributed by atoms with Crippen LogP contribution in [0.5, 0.6) is 0 Å². The maximum absolute atomic E-state index is 6.73. The first kappa shape index (κ1) is 26.0. The topological polar surface area (TPSA) is 49.2 Å². The van der Waals surface area contributed by atoms with Crippen LogP contribution in [-0.4, -0.2) is 44.4 Å². The van der Waals surface area contributed by atoms with Crippen LogP contribution in [0.3, 0.4) is 0 Å². The van der Waals surface area contributed by atoms with E-state index in [9.17, 15) is 0 Å². The zero-order chi connectivity index (χ0) is 23.2. The Kier molecular flexibility index (Phi) is 7.42. The van der Waals surface area contributed by atoms with Crippen molar-refractivity contribution in [3.63, 3.8) is 0 Å². The van der Waals surface area contributed by atoms with E-state index in [2.05, 4.69) is 118 Å². The highest BCUT2D eigenvalue weighted by Crippen LogP contribution is 2.40. The van der Waals surface area contributed by atoms with E-state index in [0.717, 1.165) is 14.6 Å². The van der Waals surface area contributed by atoms with Gasteiger partial charge in [-0.15, -0.1) is 0 Å². The van der Waals surface area contributed by atoms with Gasteiger partial charge in [-0.2, -0.15) is 0 Å². The lowest BCUT2D eigenvalue weighted by molar-refractivity contribution is 0.0899. The lowest BCUT2D eigenvalue weighted by atomic mass is 10.1. The third kappa shape index (κ3) is 5.36. The Balaban J connectivity index is 2.47. The summed E-state index contributed by atoms with van der Waals surface area (Å²) >= 11 is 2.37. The molecule has 0 bridgehead atoms. The van der Waals surface area contributed by atoms with E-state index in [4.69, 9.17) is 8.85 Å². The highest BCUT2D eigenvalue weighted by atomic mass is 127. The molecule has 5 nitrogen and oxygen atoms in total. The molecular weight excluding hydrogens is 521 g/mol. The summed E-state index contributed by atoms with van der Waals surface area (Å²) in [7, 11) is -3.82. The van der Waals surface area contributed by atoms with Crippen LogP contribution in [0.25, 0.3) is 11.0 Å². The van der Waals surface area contributed by atoms with Crippen molar-refractivity contribution in [2.75, 3.05) is 13.2 Å². The van der Waals surface area contributed by atoms with Gasteiger partial charge >= 0.3 is 0 Å². The number of aromatic nitrogens is 3. The van der Waals surface area contributed by atoms with Gasteiger partial charge in [0.1, 0.15) is 12.0 Å². The number of hydrogen-bond donors (Lipinski definition) is 0. The second kappa shape index (κ2) is 8.57. The molecule has 0 saturated heterocycles.